The van der Waals surface area contributed by atoms with Crippen LogP contribution in [0.2, 0.25) is 0 Å². The molecule has 5 aliphatic rings. The molecule has 5 aliphatic carbocycles. The third-order valence-electron chi connectivity index (χ3n) is 9.58. The van der Waals surface area contributed by atoms with E-state index in [2.05, 4.69) is 6.92 Å². The lowest BCUT2D eigenvalue weighted by Gasteiger charge is -2.60. The topological polar surface area (TPSA) is 37.3 Å². The Hall–Kier alpha value is -0.370. The summed E-state index contributed by atoms with van der Waals surface area (Å²) in [4.78, 5) is 12.4. The Balaban J connectivity index is 1.46. The van der Waals surface area contributed by atoms with Gasteiger partial charge in [-0.1, -0.05) is 6.92 Å². The van der Waals surface area contributed by atoms with Gasteiger partial charge in [-0.15, -0.1) is 0 Å². The summed E-state index contributed by atoms with van der Waals surface area (Å²) < 4.78 is 0. The number of ketones is 1. The number of rotatable bonds is 0. The second kappa shape index (κ2) is 4.84. The zero-order valence-corrected chi connectivity index (χ0v) is 14.6. The molecule has 0 aromatic heterocycles. The van der Waals surface area contributed by atoms with Gasteiger partial charge < -0.3 is 5.11 Å². The van der Waals surface area contributed by atoms with E-state index in [0.717, 1.165) is 42.9 Å². The van der Waals surface area contributed by atoms with Crippen LogP contribution in [0.4, 0.5) is 0 Å². The first-order valence-corrected chi connectivity index (χ1v) is 10.3. The molecule has 8 atom stereocenters. The molecule has 5 saturated carbocycles. The zero-order chi connectivity index (χ0) is 15.8. The minimum Gasteiger partial charge on any atom is -0.393 e. The molecule has 0 radical (unpaired) electrons. The summed E-state index contributed by atoms with van der Waals surface area (Å²) in [6, 6.07) is 0. The van der Waals surface area contributed by atoms with Crippen molar-refractivity contribution in [3.63, 3.8) is 0 Å². The molecule has 5 fully saturated rings. The Morgan fingerprint density at radius 2 is 1.83 bits per heavy atom. The Morgan fingerprint density at radius 1 is 0.957 bits per heavy atom. The summed E-state index contributed by atoms with van der Waals surface area (Å²) in [7, 11) is 0. The molecule has 0 aliphatic heterocycles. The molecule has 1 N–H and O–H groups in total. The van der Waals surface area contributed by atoms with Gasteiger partial charge in [0.05, 0.1) is 6.10 Å². The summed E-state index contributed by atoms with van der Waals surface area (Å²) >= 11 is 0. The number of fused-ring (bicyclic) bond motifs is 4. The lowest BCUT2D eigenvalue weighted by Crippen LogP contribution is -2.54. The van der Waals surface area contributed by atoms with Gasteiger partial charge in [0.2, 0.25) is 0 Å². The highest BCUT2D eigenvalue weighted by atomic mass is 16.3. The highest BCUT2D eigenvalue weighted by Gasteiger charge is 2.64. The largest absolute Gasteiger partial charge is 0.393 e. The third-order valence-corrected chi connectivity index (χ3v) is 9.58. The van der Waals surface area contributed by atoms with E-state index in [4.69, 9.17) is 0 Å². The number of Topliss-reactive ketones (excluding diaryl/α,β-unsaturated/α-hetero) is 1. The first kappa shape index (κ1) is 14.9. The third kappa shape index (κ3) is 1.82. The van der Waals surface area contributed by atoms with E-state index in [1.807, 2.05) is 0 Å². The van der Waals surface area contributed by atoms with E-state index in [1.54, 1.807) is 0 Å². The van der Waals surface area contributed by atoms with Crippen molar-refractivity contribution in [1.29, 1.82) is 0 Å². The molecule has 0 aromatic carbocycles. The summed E-state index contributed by atoms with van der Waals surface area (Å²) in [5, 5.41) is 10.1. The first-order valence-electron chi connectivity index (χ1n) is 10.3. The van der Waals surface area contributed by atoms with E-state index in [-0.39, 0.29) is 6.10 Å². The SMILES string of the molecule is C[C@]12CC[C@@H](O)C[C@@H]1CC[C@@H]1[C@@H]2CC[C@]23CCC(=O)[C@H]2CC[C@@H]13. The van der Waals surface area contributed by atoms with Gasteiger partial charge in [0.1, 0.15) is 5.78 Å². The van der Waals surface area contributed by atoms with Crippen molar-refractivity contribution < 1.29 is 9.90 Å². The maximum Gasteiger partial charge on any atom is 0.136 e. The Morgan fingerprint density at radius 3 is 2.70 bits per heavy atom. The molecule has 2 heteroatoms. The molecule has 0 unspecified atom stereocenters. The minimum absolute atomic E-state index is 0.0390. The number of carbonyl (C=O) groups is 1. The van der Waals surface area contributed by atoms with Crippen molar-refractivity contribution in [2.45, 2.75) is 83.7 Å². The number of carbonyl (C=O) groups excluding carboxylic acids is 1. The summed E-state index contributed by atoms with van der Waals surface area (Å²) in [6.07, 6.45) is 13.3. The van der Waals surface area contributed by atoms with Crippen LogP contribution in [0.15, 0.2) is 0 Å². The fraction of sp³-hybridized carbons (Fsp3) is 0.952. The smallest absolute Gasteiger partial charge is 0.136 e. The van der Waals surface area contributed by atoms with Gasteiger partial charge in [0.25, 0.3) is 0 Å². The Kier molecular flexibility index (Phi) is 3.14. The molecular weight excluding hydrogens is 284 g/mol. The lowest BCUT2D eigenvalue weighted by atomic mass is 9.44. The predicted octanol–water partition coefficient (Wildman–Crippen LogP) is 4.35. The quantitative estimate of drug-likeness (QED) is 0.721. The van der Waals surface area contributed by atoms with Gasteiger partial charge in [0.15, 0.2) is 0 Å². The van der Waals surface area contributed by atoms with Crippen LogP contribution in [-0.2, 0) is 4.79 Å². The van der Waals surface area contributed by atoms with Crippen LogP contribution in [0.1, 0.15) is 77.6 Å². The zero-order valence-electron chi connectivity index (χ0n) is 14.6. The lowest BCUT2D eigenvalue weighted by molar-refractivity contribution is -0.133. The molecule has 0 heterocycles. The second-order valence-corrected chi connectivity index (χ2v) is 9.95. The van der Waals surface area contributed by atoms with Crippen LogP contribution in [0, 0.1) is 40.4 Å². The number of hydrogen-bond donors (Lipinski definition) is 1. The van der Waals surface area contributed by atoms with Crippen LogP contribution in [0.25, 0.3) is 0 Å². The average Bonchev–Trinajstić information content (AvgIpc) is 3.06. The maximum atomic E-state index is 12.4. The fourth-order valence-electron chi connectivity index (χ4n) is 8.54. The summed E-state index contributed by atoms with van der Waals surface area (Å²) in [6.45, 7) is 2.56. The van der Waals surface area contributed by atoms with Gasteiger partial charge in [-0.25, -0.2) is 0 Å². The van der Waals surface area contributed by atoms with E-state index in [9.17, 15) is 9.90 Å². The molecule has 2 nitrogen and oxygen atoms in total. The molecule has 0 saturated heterocycles. The fourth-order valence-corrected chi connectivity index (χ4v) is 8.54. The molecule has 1 spiro atoms. The van der Waals surface area contributed by atoms with Crippen LogP contribution < -0.4 is 0 Å². The van der Waals surface area contributed by atoms with Crippen LogP contribution >= 0.6 is 0 Å². The van der Waals surface area contributed by atoms with E-state index < -0.39 is 0 Å². The predicted molar refractivity (Wildman–Crippen MR) is 89.8 cm³/mol. The molecular formula is C21H32O2. The van der Waals surface area contributed by atoms with Gasteiger partial charge >= 0.3 is 0 Å². The molecule has 0 aromatic rings. The average molecular weight is 316 g/mol. The minimum atomic E-state index is -0.0390. The molecule has 23 heavy (non-hydrogen) atoms. The molecule has 5 rings (SSSR count). The van der Waals surface area contributed by atoms with Crippen LogP contribution in [-0.4, -0.2) is 17.0 Å². The van der Waals surface area contributed by atoms with E-state index in [1.165, 1.54) is 51.4 Å². The summed E-state index contributed by atoms with van der Waals surface area (Å²) in [5.74, 6) is 4.40. The van der Waals surface area contributed by atoms with Crippen molar-refractivity contribution in [2.75, 3.05) is 0 Å². The monoisotopic (exact) mass is 316 g/mol. The van der Waals surface area contributed by atoms with Crippen molar-refractivity contribution in [2.24, 2.45) is 40.4 Å². The van der Waals surface area contributed by atoms with Crippen molar-refractivity contribution in [1.82, 2.24) is 0 Å². The second-order valence-electron chi connectivity index (χ2n) is 9.95. The van der Waals surface area contributed by atoms with Gasteiger partial charge in [-0.2, -0.15) is 0 Å². The molecule has 0 bridgehead atoms. The van der Waals surface area contributed by atoms with Crippen molar-refractivity contribution in [3.05, 3.63) is 0 Å². The number of aliphatic hydroxyl groups excluding tert-OH is 1. The maximum absolute atomic E-state index is 12.4. The highest BCUT2D eigenvalue weighted by Crippen LogP contribution is 2.70. The van der Waals surface area contributed by atoms with Gasteiger partial charge in [0, 0.05) is 12.3 Å². The van der Waals surface area contributed by atoms with Crippen LogP contribution in [0.5, 0.6) is 0 Å². The summed E-state index contributed by atoms with van der Waals surface area (Å²) in [5.41, 5.74) is 0.903. The molecule has 128 valence electrons. The first-order chi connectivity index (χ1) is 11.0. The molecule has 0 amide bonds. The van der Waals surface area contributed by atoms with Gasteiger partial charge in [-0.05, 0) is 98.7 Å². The van der Waals surface area contributed by atoms with Crippen molar-refractivity contribution in [3.8, 4) is 0 Å². The van der Waals surface area contributed by atoms with E-state index >= 15 is 0 Å². The Labute approximate surface area is 140 Å². The van der Waals surface area contributed by atoms with E-state index in [0.29, 0.717) is 22.5 Å². The number of hydrogen-bond acceptors (Lipinski definition) is 2. The van der Waals surface area contributed by atoms with Crippen LogP contribution in [0.3, 0.4) is 0 Å². The Bertz CT molecular complexity index is 528. The normalized spacial score (nSPS) is 58.3. The van der Waals surface area contributed by atoms with Crippen molar-refractivity contribution >= 4 is 5.78 Å². The highest BCUT2D eigenvalue weighted by molar-refractivity contribution is 5.84. The standard InChI is InChI=1S/C21H32O2/c1-20-9-6-14(22)12-13(20)2-3-15-16(20)7-10-21-11-8-19(23)18(21)5-4-17(15)21/h13-18,22H,2-12H2,1H3/t13-,14+,15+,16-,17-,18+,20-,21+/m0/s1. The number of aliphatic hydroxyl groups is 1. The van der Waals surface area contributed by atoms with Gasteiger partial charge in [-0.3, -0.25) is 4.79 Å².